The second-order valence-electron chi connectivity index (χ2n) is 8.17. The first-order valence-electron chi connectivity index (χ1n) is 9.69. The number of hydrogen-bond donors (Lipinski definition) is 2. The van der Waals surface area contributed by atoms with E-state index in [9.17, 15) is 9.90 Å². The van der Waals surface area contributed by atoms with Crippen LogP contribution < -0.4 is 5.73 Å². The number of aliphatic hydroxyl groups is 1. The van der Waals surface area contributed by atoms with Crippen LogP contribution in [-0.4, -0.2) is 64.1 Å². The molecule has 26 heavy (non-hydrogen) atoms. The summed E-state index contributed by atoms with van der Waals surface area (Å²) in [6.45, 7) is 6.59. The number of rotatable bonds is 6. The summed E-state index contributed by atoms with van der Waals surface area (Å²) in [5.41, 5.74) is 6.93. The van der Waals surface area contributed by atoms with Gasteiger partial charge in [0.1, 0.15) is 5.69 Å². The third-order valence-electron chi connectivity index (χ3n) is 5.93. The van der Waals surface area contributed by atoms with Gasteiger partial charge >= 0.3 is 0 Å². The maximum atomic E-state index is 12.9. The van der Waals surface area contributed by atoms with Crippen molar-refractivity contribution in [1.82, 2.24) is 14.7 Å². The summed E-state index contributed by atoms with van der Waals surface area (Å²) in [6, 6.07) is 1.91. The van der Waals surface area contributed by atoms with Crippen molar-refractivity contribution in [2.24, 2.45) is 24.1 Å². The number of nitrogens with zero attached hydrogens (tertiary/aromatic N) is 3. The number of carbonyl (C=O) groups is 1. The number of piperidine rings is 1. The van der Waals surface area contributed by atoms with Crippen LogP contribution >= 0.6 is 0 Å². The molecule has 1 saturated carbocycles. The smallest absolute Gasteiger partial charge is 0.272 e. The number of amides is 1. The molecule has 1 saturated heterocycles. The summed E-state index contributed by atoms with van der Waals surface area (Å²) < 4.78 is 7.52. The second kappa shape index (κ2) is 7.66. The summed E-state index contributed by atoms with van der Waals surface area (Å²) in [7, 11) is 1.83. The normalized spacial score (nSPS) is 24.9. The zero-order valence-electron chi connectivity index (χ0n) is 16.1. The van der Waals surface area contributed by atoms with E-state index >= 15 is 0 Å². The Kier molecular flexibility index (Phi) is 5.69. The molecule has 0 bridgehead atoms. The molecule has 146 valence electrons. The van der Waals surface area contributed by atoms with Crippen LogP contribution in [0.4, 0.5) is 0 Å². The molecule has 1 aliphatic carbocycles. The van der Waals surface area contributed by atoms with E-state index in [2.05, 4.69) is 18.9 Å². The van der Waals surface area contributed by atoms with Crippen molar-refractivity contribution >= 4 is 5.91 Å². The molecule has 2 aliphatic rings. The number of likely N-dealkylation sites (tertiary alicyclic amines) is 1. The molecule has 1 aromatic rings. The van der Waals surface area contributed by atoms with Gasteiger partial charge in [-0.05, 0) is 31.2 Å². The minimum Gasteiger partial charge on any atom is -0.392 e. The van der Waals surface area contributed by atoms with Crippen LogP contribution in [0.15, 0.2) is 6.07 Å². The molecular formula is C19H32N4O3. The van der Waals surface area contributed by atoms with Crippen molar-refractivity contribution in [3.63, 3.8) is 0 Å². The highest BCUT2D eigenvalue weighted by molar-refractivity contribution is 5.92. The maximum Gasteiger partial charge on any atom is 0.272 e. The Morgan fingerprint density at radius 1 is 1.46 bits per heavy atom. The van der Waals surface area contributed by atoms with Gasteiger partial charge in [0.2, 0.25) is 0 Å². The first-order valence-corrected chi connectivity index (χ1v) is 9.69. The quantitative estimate of drug-likeness (QED) is 0.784. The monoisotopic (exact) mass is 364 g/mol. The number of nitrogens with two attached hydrogens (primary N) is 1. The Labute approximate surface area is 155 Å². The van der Waals surface area contributed by atoms with Gasteiger partial charge in [0.25, 0.3) is 5.91 Å². The first-order chi connectivity index (χ1) is 12.4. The van der Waals surface area contributed by atoms with Gasteiger partial charge in [0, 0.05) is 38.5 Å². The molecule has 7 nitrogen and oxygen atoms in total. The molecular weight excluding hydrogens is 332 g/mol. The van der Waals surface area contributed by atoms with Crippen LogP contribution in [-0.2, 0) is 18.2 Å². The molecule has 1 spiro atoms. The third-order valence-corrected chi connectivity index (χ3v) is 5.93. The lowest BCUT2D eigenvalue weighted by molar-refractivity contribution is -0.208. The van der Waals surface area contributed by atoms with Gasteiger partial charge in [-0.1, -0.05) is 13.8 Å². The number of carbonyl (C=O) groups excluding carboxylic acids is 1. The predicted molar refractivity (Wildman–Crippen MR) is 98.7 cm³/mol. The molecule has 0 radical (unpaired) electrons. The number of aromatic nitrogens is 2. The average molecular weight is 364 g/mol. The van der Waals surface area contributed by atoms with Crippen molar-refractivity contribution in [2.75, 3.05) is 26.2 Å². The molecule has 2 atom stereocenters. The van der Waals surface area contributed by atoms with E-state index in [1.54, 1.807) is 4.68 Å². The van der Waals surface area contributed by atoms with E-state index in [1.165, 1.54) is 0 Å². The SMILES string of the molecule is CC(C)Cc1cc(C(=O)N2CCC3(CC2)[C@H](O)C[C@@H]3OCCN)n(C)n1. The van der Waals surface area contributed by atoms with Crippen LogP contribution in [0, 0.1) is 11.3 Å². The van der Waals surface area contributed by atoms with Crippen molar-refractivity contribution in [3.05, 3.63) is 17.5 Å². The summed E-state index contributed by atoms with van der Waals surface area (Å²) in [5.74, 6) is 0.534. The lowest BCUT2D eigenvalue weighted by Crippen LogP contribution is -2.63. The fraction of sp³-hybridized carbons (Fsp3) is 0.789. The van der Waals surface area contributed by atoms with Gasteiger partial charge in [-0.3, -0.25) is 9.48 Å². The molecule has 7 heteroatoms. The highest BCUT2D eigenvalue weighted by Crippen LogP contribution is 2.51. The molecule has 0 unspecified atom stereocenters. The molecule has 3 N–H and O–H groups in total. The largest absolute Gasteiger partial charge is 0.392 e. The van der Waals surface area contributed by atoms with Crippen molar-refractivity contribution in [1.29, 1.82) is 0 Å². The third kappa shape index (κ3) is 3.52. The van der Waals surface area contributed by atoms with Gasteiger partial charge in [0.15, 0.2) is 0 Å². The highest BCUT2D eigenvalue weighted by Gasteiger charge is 2.56. The Morgan fingerprint density at radius 3 is 2.73 bits per heavy atom. The van der Waals surface area contributed by atoms with Crippen LogP contribution in [0.25, 0.3) is 0 Å². The van der Waals surface area contributed by atoms with E-state index in [0.717, 1.165) is 25.0 Å². The van der Waals surface area contributed by atoms with Gasteiger partial charge in [-0.15, -0.1) is 0 Å². The van der Waals surface area contributed by atoms with Crippen LogP contribution in [0.2, 0.25) is 0 Å². The van der Waals surface area contributed by atoms with Gasteiger partial charge < -0.3 is 20.5 Å². The number of hydrogen-bond acceptors (Lipinski definition) is 5. The van der Waals surface area contributed by atoms with E-state index in [0.29, 0.717) is 44.3 Å². The predicted octanol–water partition coefficient (Wildman–Crippen LogP) is 0.950. The Morgan fingerprint density at radius 2 is 2.15 bits per heavy atom. The Hall–Kier alpha value is -1.44. The second-order valence-corrected chi connectivity index (χ2v) is 8.17. The van der Waals surface area contributed by atoms with Crippen LogP contribution in [0.1, 0.15) is 49.3 Å². The van der Waals surface area contributed by atoms with Crippen molar-refractivity contribution in [2.45, 2.75) is 51.7 Å². The van der Waals surface area contributed by atoms with Crippen molar-refractivity contribution in [3.8, 4) is 0 Å². The van der Waals surface area contributed by atoms with Crippen LogP contribution in [0.3, 0.4) is 0 Å². The lowest BCUT2D eigenvalue weighted by atomic mass is 9.58. The maximum absolute atomic E-state index is 12.9. The molecule has 2 heterocycles. The van der Waals surface area contributed by atoms with E-state index in [4.69, 9.17) is 10.5 Å². The number of aryl methyl sites for hydroxylation is 1. The topological polar surface area (TPSA) is 93.6 Å². The summed E-state index contributed by atoms with van der Waals surface area (Å²) in [5, 5.41) is 14.8. The Bertz CT molecular complexity index is 635. The molecule has 0 aromatic carbocycles. The fourth-order valence-corrected chi connectivity index (χ4v) is 4.36. The van der Waals surface area contributed by atoms with E-state index in [-0.39, 0.29) is 23.5 Å². The lowest BCUT2D eigenvalue weighted by Gasteiger charge is -2.56. The first kappa shape index (κ1) is 19.3. The van der Waals surface area contributed by atoms with Gasteiger partial charge in [-0.2, -0.15) is 5.10 Å². The zero-order valence-corrected chi connectivity index (χ0v) is 16.1. The minimum absolute atomic E-state index is 0.0260. The molecule has 1 aromatic heterocycles. The Balaban J connectivity index is 1.63. The summed E-state index contributed by atoms with van der Waals surface area (Å²) >= 11 is 0. The van der Waals surface area contributed by atoms with Gasteiger partial charge in [0.05, 0.1) is 24.5 Å². The van der Waals surface area contributed by atoms with E-state index < -0.39 is 0 Å². The summed E-state index contributed by atoms with van der Waals surface area (Å²) in [6.07, 6.45) is 2.81. The van der Waals surface area contributed by atoms with Gasteiger partial charge in [-0.25, -0.2) is 0 Å². The molecule has 1 amide bonds. The van der Waals surface area contributed by atoms with E-state index in [1.807, 2.05) is 18.0 Å². The van der Waals surface area contributed by atoms with Crippen LogP contribution in [0.5, 0.6) is 0 Å². The zero-order chi connectivity index (χ0) is 18.9. The summed E-state index contributed by atoms with van der Waals surface area (Å²) in [4.78, 5) is 14.8. The fourth-order valence-electron chi connectivity index (χ4n) is 4.36. The standard InChI is InChI=1S/C19H32N4O3/c1-13(2)10-14-11-15(22(3)21-14)18(25)23-7-4-19(5-8-23)16(24)12-17(19)26-9-6-20/h11,13,16-17,24H,4-10,12,20H2,1-3H3/t16-,17+/m1/s1. The molecule has 2 fully saturated rings. The molecule has 1 aliphatic heterocycles. The minimum atomic E-state index is -0.336. The molecule has 3 rings (SSSR count). The number of aliphatic hydroxyl groups excluding tert-OH is 1. The highest BCUT2D eigenvalue weighted by atomic mass is 16.5. The van der Waals surface area contributed by atoms with Crippen molar-refractivity contribution < 1.29 is 14.6 Å². The average Bonchev–Trinajstić information content (AvgIpc) is 2.97. The number of ether oxygens (including phenoxy) is 1.